The Balaban J connectivity index is -0.0000000852. The van der Waals surface area contributed by atoms with Gasteiger partial charge in [-0.2, -0.15) is 48.3 Å². The molecular weight excluding hydrogens is 918 g/mol. The molecule has 0 aliphatic rings. The summed E-state index contributed by atoms with van der Waals surface area (Å²) in [4.78, 5) is 0. The van der Waals surface area contributed by atoms with Crippen LogP contribution in [0.25, 0.3) is 0 Å². The van der Waals surface area contributed by atoms with Gasteiger partial charge in [0.15, 0.2) is 0 Å². The van der Waals surface area contributed by atoms with E-state index in [0.29, 0.717) is 0 Å². The topological polar surface area (TPSA) is 0 Å². The molecule has 0 spiro atoms. The molecular formula is C10H3Cl15F14. The van der Waals surface area contributed by atoms with Gasteiger partial charge in [-0.25, -0.2) is 13.2 Å². The molecule has 0 aliphatic heterocycles. The Hall–Kier alpha value is 3.37. The van der Waals surface area contributed by atoms with Crippen molar-refractivity contribution in [1.29, 1.82) is 0 Å². The Bertz CT molecular complexity index is 474. The van der Waals surface area contributed by atoms with E-state index in [1.165, 1.54) is 0 Å². The van der Waals surface area contributed by atoms with Gasteiger partial charge in [-0.05, 0) is 46.4 Å². The third-order valence-electron chi connectivity index (χ3n) is 1.12. The Labute approximate surface area is 284 Å². The molecule has 0 aromatic heterocycles. The monoisotopic (exact) mass is 914 g/mol. The fourth-order valence-corrected chi connectivity index (χ4v) is 0. The zero-order valence-corrected chi connectivity index (χ0v) is 27.6. The van der Waals surface area contributed by atoms with Gasteiger partial charge in [-0.3, -0.25) is 0 Å². The van der Waals surface area contributed by atoms with Crippen LogP contribution in [0, 0.1) is 0 Å². The van der Waals surface area contributed by atoms with Crippen LogP contribution >= 0.6 is 174 Å². The van der Waals surface area contributed by atoms with E-state index in [1.54, 1.807) is 0 Å². The smallest absolute Gasteiger partial charge is 0.212 e. The zero-order valence-electron chi connectivity index (χ0n) is 16.2. The molecule has 0 rings (SSSR count). The third kappa shape index (κ3) is 57.6. The molecule has 0 aliphatic carbocycles. The van der Waals surface area contributed by atoms with E-state index >= 15 is 0 Å². The molecule has 0 aromatic carbocycles. The van der Waals surface area contributed by atoms with Gasteiger partial charge in [0.25, 0.3) is 0 Å². The van der Waals surface area contributed by atoms with Gasteiger partial charge < -0.3 is 0 Å². The Morgan fingerprint density at radius 1 is 0.436 bits per heavy atom. The molecule has 0 amide bonds. The molecule has 0 N–H and O–H groups in total. The summed E-state index contributed by atoms with van der Waals surface area (Å²) in [6.45, 7) is 0. The lowest BCUT2D eigenvalue weighted by Crippen LogP contribution is -2.28. The van der Waals surface area contributed by atoms with E-state index in [-0.39, 0.29) is 0 Å². The number of halogens is 29. The van der Waals surface area contributed by atoms with Crippen molar-refractivity contribution in [2.24, 2.45) is 0 Å². The van der Waals surface area contributed by atoms with E-state index < -0.39 is 51.1 Å². The maximum absolute atomic E-state index is 11.8. The van der Waals surface area contributed by atoms with Crippen molar-refractivity contribution in [2.45, 2.75) is 45.2 Å². The summed E-state index contributed by atoms with van der Waals surface area (Å²) in [5, 5.41) is -5.95. The molecule has 246 valence electrons. The second-order valence-corrected chi connectivity index (χ2v) is 13.2. The average molecular weight is 921 g/mol. The Morgan fingerprint density at radius 2 is 0.538 bits per heavy atom. The van der Waals surface area contributed by atoms with Crippen LogP contribution in [-0.4, -0.2) is 51.1 Å². The van der Waals surface area contributed by atoms with Gasteiger partial charge >= 0.3 is 40.1 Å². The molecule has 0 fully saturated rings. The van der Waals surface area contributed by atoms with Gasteiger partial charge in [-0.15, -0.1) is 11.6 Å². The third-order valence-corrected chi connectivity index (χ3v) is 4.20. The fraction of sp³-hybridized carbons (Fsp3) is 1.00. The first-order valence-electron chi connectivity index (χ1n) is 6.75. The molecule has 29 heteroatoms. The molecule has 0 unspecified atom stereocenters. The van der Waals surface area contributed by atoms with Crippen LogP contribution in [0.15, 0.2) is 0 Å². The standard InChI is InChI=1S/C2Cl4F2.C2Cl3F3.C2Cl2F4.C2H2ClF3.CCl3F.CHCl2F/c3-1(4,7)2(5,6)8;3-1(4,6)2(5,7)8;3-1(4,5)2(6,7)8;3-1-2(4,5)6;2-1(3,4)5;2-1(3)4/h;;;1H2;;1H. The maximum Gasteiger partial charge on any atom is 0.452 e. The van der Waals surface area contributed by atoms with E-state index in [4.69, 9.17) is 0 Å². The average Bonchev–Trinajstić information content (AvgIpc) is 2.47. The van der Waals surface area contributed by atoms with Crippen molar-refractivity contribution < 1.29 is 61.5 Å². The maximum atomic E-state index is 11.8. The van der Waals surface area contributed by atoms with E-state index in [1.807, 2.05) is 0 Å². The predicted octanol–water partition coefficient (Wildman–Crippen LogP) is 14.5. The molecule has 0 aromatic rings. The summed E-state index contributed by atoms with van der Waals surface area (Å²) in [5.41, 5.74) is 0. The largest absolute Gasteiger partial charge is 0.452 e. The SMILES string of the molecule is FC(Cl)(Cl)C(F)(Cl)Cl.FC(Cl)(Cl)Cl.FC(Cl)Cl.FC(F)(Cl)C(F)(Cl)Cl.FC(F)(F)C(F)(Cl)Cl.FC(F)(F)CCl. The van der Waals surface area contributed by atoms with Gasteiger partial charge in [-0.1, -0.05) is 116 Å². The van der Waals surface area contributed by atoms with Crippen molar-refractivity contribution in [3.8, 4) is 0 Å². The van der Waals surface area contributed by atoms with Crippen LogP contribution in [0.5, 0.6) is 0 Å². The molecule has 0 radical (unpaired) electrons. The minimum absolute atomic E-state index is 1.26. The lowest BCUT2D eigenvalue weighted by atomic mass is 10.7. The second kappa shape index (κ2) is 22.0. The molecule has 39 heavy (non-hydrogen) atoms. The van der Waals surface area contributed by atoms with Crippen molar-refractivity contribution in [1.82, 2.24) is 0 Å². The quantitative estimate of drug-likeness (QED) is 0.191. The molecule has 0 heterocycles. The van der Waals surface area contributed by atoms with Crippen LogP contribution < -0.4 is 0 Å². The number of hydrogen-bond acceptors (Lipinski definition) is 0. The van der Waals surface area contributed by atoms with Gasteiger partial charge in [0.1, 0.15) is 5.88 Å². The second-order valence-electron chi connectivity index (χ2n) is 4.41. The summed E-state index contributed by atoms with van der Waals surface area (Å²) >= 11 is 64.6. The lowest BCUT2D eigenvalue weighted by molar-refractivity contribution is -0.170. The molecule has 0 atom stereocenters. The highest BCUT2D eigenvalue weighted by Crippen LogP contribution is 2.45. The van der Waals surface area contributed by atoms with Crippen molar-refractivity contribution in [3.63, 3.8) is 0 Å². The van der Waals surface area contributed by atoms with Crippen LogP contribution in [0.3, 0.4) is 0 Å². The summed E-state index contributed by atoms with van der Waals surface area (Å²) < 4.78 is 138. The Kier molecular flexibility index (Phi) is 30.9. The highest BCUT2D eigenvalue weighted by atomic mass is 35.6. The van der Waals surface area contributed by atoms with Gasteiger partial charge in [0.05, 0.1) is 0 Å². The minimum Gasteiger partial charge on any atom is -0.212 e. The van der Waals surface area contributed by atoms with Crippen molar-refractivity contribution >= 4 is 174 Å². The first-order chi connectivity index (χ1) is 16.0. The van der Waals surface area contributed by atoms with Gasteiger partial charge in [0, 0.05) is 0 Å². The van der Waals surface area contributed by atoms with Gasteiger partial charge in [0.2, 0.25) is 5.09 Å². The normalized spacial score (nSPS) is 13.1. The van der Waals surface area contributed by atoms with E-state index in [9.17, 15) is 61.5 Å². The Morgan fingerprint density at radius 3 is 0.538 bits per heavy atom. The molecule has 0 saturated heterocycles. The van der Waals surface area contributed by atoms with Crippen LogP contribution in [0.2, 0.25) is 0 Å². The summed E-state index contributed by atoms with van der Waals surface area (Å²) in [6.07, 6.45) is -9.39. The van der Waals surface area contributed by atoms with E-state index in [0.717, 1.165) is 0 Å². The predicted molar refractivity (Wildman–Crippen MR) is 134 cm³/mol. The first kappa shape index (κ1) is 54.8. The highest BCUT2D eigenvalue weighted by Gasteiger charge is 2.54. The zero-order chi connectivity index (χ0) is 34.3. The fourth-order valence-electron chi connectivity index (χ4n) is 0. The first-order valence-corrected chi connectivity index (χ1v) is 12.7. The van der Waals surface area contributed by atoms with Crippen LogP contribution in [0.1, 0.15) is 0 Å². The molecule has 0 bridgehead atoms. The number of hydrogen-bond donors (Lipinski definition) is 0. The number of alkyl halides is 29. The van der Waals surface area contributed by atoms with Crippen LogP contribution in [0.4, 0.5) is 61.5 Å². The van der Waals surface area contributed by atoms with Crippen LogP contribution in [-0.2, 0) is 0 Å². The minimum atomic E-state index is -5.20. The lowest BCUT2D eigenvalue weighted by Gasteiger charge is -2.15. The van der Waals surface area contributed by atoms with Crippen molar-refractivity contribution in [2.75, 3.05) is 5.88 Å². The van der Waals surface area contributed by atoms with E-state index in [2.05, 4.69) is 174 Å². The summed E-state index contributed by atoms with van der Waals surface area (Å²) in [7, 11) is 0. The van der Waals surface area contributed by atoms with Crippen molar-refractivity contribution in [3.05, 3.63) is 0 Å². The number of rotatable bonds is 2. The molecule has 0 nitrogen and oxygen atoms in total. The summed E-state index contributed by atoms with van der Waals surface area (Å²) in [5.74, 6) is -1.26. The molecule has 0 saturated carbocycles. The highest BCUT2D eigenvalue weighted by molar-refractivity contribution is 6.66. The summed E-state index contributed by atoms with van der Waals surface area (Å²) in [6, 6.07) is 0.